The van der Waals surface area contributed by atoms with Crippen LogP contribution in [0.5, 0.6) is 0 Å². The molecular weight excluding hydrogens is 216 g/mol. The summed E-state index contributed by atoms with van der Waals surface area (Å²) >= 11 is 0. The quantitative estimate of drug-likeness (QED) is 0.851. The van der Waals surface area contributed by atoms with Gasteiger partial charge in [0, 0.05) is 17.8 Å². The number of aryl methyl sites for hydroxylation is 1. The van der Waals surface area contributed by atoms with Gasteiger partial charge in [-0.15, -0.1) is 0 Å². The number of urea groups is 1. The Morgan fingerprint density at radius 1 is 1.24 bits per heavy atom. The normalized spacial score (nSPS) is 9.94. The van der Waals surface area contributed by atoms with Gasteiger partial charge in [0.1, 0.15) is 0 Å². The molecule has 0 spiro atoms. The monoisotopic (exact) mass is 230 g/mol. The topological polar surface area (TPSA) is 54.3 Å². The van der Waals surface area contributed by atoms with E-state index in [1.165, 1.54) is 0 Å². The number of amides is 2. The third-order valence-electron chi connectivity index (χ3n) is 2.34. The molecule has 0 unspecified atom stereocenters. The molecule has 2 rings (SSSR count). The second kappa shape index (κ2) is 5.21. The predicted molar refractivity (Wildman–Crippen MR) is 65.7 cm³/mol. The van der Waals surface area contributed by atoms with Crippen LogP contribution < -0.4 is 10.6 Å². The van der Waals surface area contributed by atoms with Crippen molar-refractivity contribution in [1.29, 1.82) is 0 Å². The second-order valence-electron chi connectivity index (χ2n) is 3.81. The summed E-state index contributed by atoms with van der Waals surface area (Å²) in [7, 11) is 0. The lowest BCUT2D eigenvalue weighted by Gasteiger charge is -2.06. The van der Waals surface area contributed by atoms with E-state index < -0.39 is 0 Å². The fourth-order valence-corrected chi connectivity index (χ4v) is 1.39. The van der Waals surface area contributed by atoms with Crippen LogP contribution in [0.25, 0.3) is 0 Å². The smallest absolute Gasteiger partial charge is 0.319 e. The highest BCUT2D eigenvalue weighted by Gasteiger charge is 2.01. The maximum Gasteiger partial charge on any atom is 0.319 e. The molecule has 0 saturated carbocycles. The summed E-state index contributed by atoms with van der Waals surface area (Å²) in [5.74, 6) is 0. The van der Waals surface area contributed by atoms with E-state index in [-0.39, 0.29) is 6.03 Å². The van der Waals surface area contributed by atoms with Crippen LogP contribution >= 0.6 is 0 Å². The molecule has 0 saturated heterocycles. The molecule has 0 bridgehead atoms. The zero-order valence-electron chi connectivity index (χ0n) is 9.57. The first-order valence-electron chi connectivity index (χ1n) is 5.36. The Morgan fingerprint density at radius 2 is 2.00 bits per heavy atom. The molecule has 2 amide bonds. The van der Waals surface area contributed by atoms with E-state index in [0.717, 1.165) is 16.8 Å². The minimum absolute atomic E-state index is 0.227. The van der Waals surface area contributed by atoms with E-state index in [1.807, 2.05) is 37.3 Å². The zero-order valence-corrected chi connectivity index (χ0v) is 9.57. The Bertz CT molecular complexity index is 475. The maximum absolute atomic E-state index is 11.5. The van der Waals surface area contributed by atoms with Crippen molar-refractivity contribution in [2.75, 3.05) is 5.32 Å². The summed E-state index contributed by atoms with van der Waals surface area (Å²) in [5.41, 5.74) is 2.87. The number of benzene rings is 1. The van der Waals surface area contributed by atoms with Crippen LogP contribution in [0.2, 0.25) is 0 Å². The molecule has 0 aliphatic heterocycles. The summed E-state index contributed by atoms with van der Waals surface area (Å²) in [4.78, 5) is 11.5. The van der Waals surface area contributed by atoms with Crippen LogP contribution in [0.1, 0.15) is 11.1 Å². The minimum atomic E-state index is -0.227. The lowest BCUT2D eigenvalue weighted by molar-refractivity contribution is 0.251. The molecule has 4 heteroatoms. The van der Waals surface area contributed by atoms with Gasteiger partial charge in [0.25, 0.3) is 0 Å². The van der Waals surface area contributed by atoms with Gasteiger partial charge < -0.3 is 15.1 Å². The molecule has 1 aromatic heterocycles. The Kier molecular flexibility index (Phi) is 3.45. The molecule has 2 aromatic rings. The molecule has 0 atom stereocenters. The fourth-order valence-electron chi connectivity index (χ4n) is 1.39. The number of furan rings is 1. The van der Waals surface area contributed by atoms with Crippen LogP contribution in [0.4, 0.5) is 10.5 Å². The van der Waals surface area contributed by atoms with Crippen molar-refractivity contribution in [3.63, 3.8) is 0 Å². The first kappa shape index (κ1) is 11.3. The SMILES string of the molecule is Cc1ccc(NC(=O)NCc2ccoc2)cc1. The van der Waals surface area contributed by atoms with E-state index in [4.69, 9.17) is 4.42 Å². The highest BCUT2D eigenvalue weighted by molar-refractivity contribution is 5.89. The van der Waals surface area contributed by atoms with Crippen LogP contribution in [0, 0.1) is 6.92 Å². The molecule has 17 heavy (non-hydrogen) atoms. The van der Waals surface area contributed by atoms with E-state index in [1.54, 1.807) is 12.5 Å². The minimum Gasteiger partial charge on any atom is -0.472 e. The van der Waals surface area contributed by atoms with Crippen molar-refractivity contribution < 1.29 is 9.21 Å². The molecule has 0 aliphatic carbocycles. The summed E-state index contributed by atoms with van der Waals surface area (Å²) in [6, 6.07) is 9.22. The summed E-state index contributed by atoms with van der Waals surface area (Å²) in [6.45, 7) is 2.46. The van der Waals surface area contributed by atoms with Crippen molar-refractivity contribution in [1.82, 2.24) is 5.32 Å². The van der Waals surface area contributed by atoms with Gasteiger partial charge in [-0.2, -0.15) is 0 Å². The van der Waals surface area contributed by atoms with Gasteiger partial charge in [-0.05, 0) is 25.1 Å². The number of rotatable bonds is 3. The van der Waals surface area contributed by atoms with Crippen molar-refractivity contribution >= 4 is 11.7 Å². The Morgan fingerprint density at radius 3 is 2.65 bits per heavy atom. The lowest BCUT2D eigenvalue weighted by atomic mass is 10.2. The molecule has 2 N–H and O–H groups in total. The van der Waals surface area contributed by atoms with Crippen molar-refractivity contribution in [3.05, 3.63) is 54.0 Å². The number of nitrogens with one attached hydrogen (secondary N) is 2. The number of carbonyl (C=O) groups excluding carboxylic acids is 1. The highest BCUT2D eigenvalue weighted by atomic mass is 16.3. The standard InChI is InChI=1S/C13H14N2O2/c1-10-2-4-12(5-3-10)15-13(16)14-8-11-6-7-17-9-11/h2-7,9H,8H2,1H3,(H2,14,15,16). The molecular formula is C13H14N2O2. The molecule has 0 radical (unpaired) electrons. The molecule has 0 aliphatic rings. The highest BCUT2D eigenvalue weighted by Crippen LogP contribution is 2.08. The van der Waals surface area contributed by atoms with Gasteiger partial charge >= 0.3 is 6.03 Å². The Hall–Kier alpha value is -2.23. The Labute approximate surface area is 99.6 Å². The van der Waals surface area contributed by atoms with Gasteiger partial charge in [-0.1, -0.05) is 17.7 Å². The maximum atomic E-state index is 11.5. The third-order valence-corrected chi connectivity index (χ3v) is 2.34. The number of hydrogen-bond donors (Lipinski definition) is 2. The van der Waals surface area contributed by atoms with Crippen molar-refractivity contribution in [3.8, 4) is 0 Å². The number of anilines is 1. The third kappa shape index (κ3) is 3.38. The zero-order chi connectivity index (χ0) is 12.1. The molecule has 88 valence electrons. The van der Waals surface area contributed by atoms with Crippen molar-refractivity contribution in [2.45, 2.75) is 13.5 Å². The van der Waals surface area contributed by atoms with Gasteiger partial charge in [-0.25, -0.2) is 4.79 Å². The van der Waals surface area contributed by atoms with Crippen LogP contribution in [0.3, 0.4) is 0 Å². The predicted octanol–water partition coefficient (Wildman–Crippen LogP) is 2.91. The fraction of sp³-hybridized carbons (Fsp3) is 0.154. The molecule has 1 aromatic carbocycles. The average molecular weight is 230 g/mol. The van der Waals surface area contributed by atoms with Gasteiger partial charge in [-0.3, -0.25) is 0 Å². The molecule has 4 nitrogen and oxygen atoms in total. The Balaban J connectivity index is 1.83. The van der Waals surface area contributed by atoms with E-state index in [0.29, 0.717) is 6.54 Å². The average Bonchev–Trinajstić information content (AvgIpc) is 2.83. The summed E-state index contributed by atoms with van der Waals surface area (Å²) < 4.78 is 4.91. The van der Waals surface area contributed by atoms with Crippen LogP contribution in [0.15, 0.2) is 47.3 Å². The van der Waals surface area contributed by atoms with E-state index >= 15 is 0 Å². The molecule has 0 fully saturated rings. The summed E-state index contributed by atoms with van der Waals surface area (Å²) in [6.07, 6.45) is 3.18. The van der Waals surface area contributed by atoms with E-state index in [2.05, 4.69) is 10.6 Å². The summed E-state index contributed by atoms with van der Waals surface area (Å²) in [5, 5.41) is 5.49. The van der Waals surface area contributed by atoms with Crippen molar-refractivity contribution in [2.24, 2.45) is 0 Å². The number of carbonyl (C=O) groups is 1. The van der Waals surface area contributed by atoms with Crippen LogP contribution in [-0.4, -0.2) is 6.03 Å². The first-order chi connectivity index (χ1) is 8.24. The second-order valence-corrected chi connectivity index (χ2v) is 3.81. The van der Waals surface area contributed by atoms with Gasteiger partial charge in [0.05, 0.1) is 12.5 Å². The van der Waals surface area contributed by atoms with Gasteiger partial charge in [0.15, 0.2) is 0 Å². The van der Waals surface area contributed by atoms with E-state index in [9.17, 15) is 4.79 Å². The number of hydrogen-bond acceptors (Lipinski definition) is 2. The van der Waals surface area contributed by atoms with Gasteiger partial charge in [0.2, 0.25) is 0 Å². The molecule has 1 heterocycles. The largest absolute Gasteiger partial charge is 0.472 e. The lowest BCUT2D eigenvalue weighted by Crippen LogP contribution is -2.27. The first-order valence-corrected chi connectivity index (χ1v) is 5.36. The van der Waals surface area contributed by atoms with Crippen LogP contribution in [-0.2, 0) is 6.54 Å².